The van der Waals surface area contributed by atoms with Crippen LogP contribution in [0, 0.1) is 5.41 Å². The SMILES string of the molecule is COCCC1(CNc2ccc(N)c3cnccc23)CC1. The molecule has 0 amide bonds. The molecule has 20 heavy (non-hydrogen) atoms. The third-order valence-corrected chi connectivity index (χ3v) is 4.30. The fraction of sp³-hybridized carbons (Fsp3) is 0.438. The maximum Gasteiger partial charge on any atom is 0.0468 e. The number of nitrogen functional groups attached to an aromatic ring is 1. The summed E-state index contributed by atoms with van der Waals surface area (Å²) in [6, 6.07) is 6.02. The Morgan fingerprint density at radius 2 is 2.15 bits per heavy atom. The summed E-state index contributed by atoms with van der Waals surface area (Å²) >= 11 is 0. The number of nitrogens with two attached hydrogens (primary N) is 1. The summed E-state index contributed by atoms with van der Waals surface area (Å²) in [7, 11) is 1.77. The van der Waals surface area contributed by atoms with Crippen LogP contribution in [0.25, 0.3) is 10.8 Å². The standard InChI is InChI=1S/C16H21N3O/c1-20-9-7-16(5-6-16)11-19-15-3-2-14(17)13-10-18-8-4-12(13)15/h2-4,8,10,19H,5-7,9,11,17H2,1H3. The molecule has 4 heteroatoms. The van der Waals surface area contributed by atoms with Gasteiger partial charge in [-0.25, -0.2) is 0 Å². The topological polar surface area (TPSA) is 60.2 Å². The van der Waals surface area contributed by atoms with Crippen molar-refractivity contribution in [3.63, 3.8) is 0 Å². The van der Waals surface area contributed by atoms with E-state index in [0.717, 1.165) is 41.7 Å². The molecular weight excluding hydrogens is 250 g/mol. The Labute approximate surface area is 119 Å². The Hall–Kier alpha value is -1.81. The molecule has 3 rings (SSSR count). The van der Waals surface area contributed by atoms with Gasteiger partial charge in [0.2, 0.25) is 0 Å². The second-order valence-electron chi connectivity index (χ2n) is 5.72. The van der Waals surface area contributed by atoms with E-state index in [1.807, 2.05) is 24.5 Å². The molecule has 1 aliphatic rings. The maximum atomic E-state index is 6.00. The first-order valence-corrected chi connectivity index (χ1v) is 7.09. The van der Waals surface area contributed by atoms with E-state index < -0.39 is 0 Å². The van der Waals surface area contributed by atoms with Crippen LogP contribution < -0.4 is 11.1 Å². The number of nitrogens with one attached hydrogen (secondary N) is 1. The molecule has 1 aromatic carbocycles. The van der Waals surface area contributed by atoms with Gasteiger partial charge in [-0.3, -0.25) is 4.98 Å². The first kappa shape index (κ1) is 13.2. The highest BCUT2D eigenvalue weighted by atomic mass is 16.5. The van der Waals surface area contributed by atoms with Crippen molar-refractivity contribution < 1.29 is 4.74 Å². The predicted octanol–water partition coefficient (Wildman–Crippen LogP) is 3.05. The number of pyridine rings is 1. The van der Waals surface area contributed by atoms with Crippen LogP contribution in [0.3, 0.4) is 0 Å². The minimum Gasteiger partial charge on any atom is -0.398 e. The van der Waals surface area contributed by atoms with Gasteiger partial charge in [-0.05, 0) is 42.9 Å². The Morgan fingerprint density at radius 3 is 2.90 bits per heavy atom. The van der Waals surface area contributed by atoms with Crippen LogP contribution in [0.15, 0.2) is 30.6 Å². The van der Waals surface area contributed by atoms with Crippen LogP contribution in [0.2, 0.25) is 0 Å². The molecule has 0 bridgehead atoms. The van der Waals surface area contributed by atoms with Crippen molar-refractivity contribution in [1.29, 1.82) is 0 Å². The maximum absolute atomic E-state index is 6.00. The van der Waals surface area contributed by atoms with Crippen LogP contribution in [0.4, 0.5) is 11.4 Å². The van der Waals surface area contributed by atoms with Crippen molar-refractivity contribution in [2.24, 2.45) is 5.41 Å². The molecule has 0 aliphatic heterocycles. The van der Waals surface area contributed by atoms with Crippen LogP contribution in [-0.4, -0.2) is 25.2 Å². The van der Waals surface area contributed by atoms with Gasteiger partial charge in [-0.1, -0.05) is 0 Å². The number of hydrogen-bond acceptors (Lipinski definition) is 4. The van der Waals surface area contributed by atoms with Gasteiger partial charge in [0.1, 0.15) is 0 Å². The second-order valence-corrected chi connectivity index (χ2v) is 5.72. The summed E-state index contributed by atoms with van der Waals surface area (Å²) in [5.74, 6) is 0. The minimum absolute atomic E-state index is 0.427. The van der Waals surface area contributed by atoms with Crippen molar-refractivity contribution in [1.82, 2.24) is 4.98 Å². The Kier molecular flexibility index (Phi) is 3.49. The fourth-order valence-electron chi connectivity index (χ4n) is 2.66. The number of nitrogens with zero attached hydrogens (tertiary/aromatic N) is 1. The molecule has 2 aromatic rings. The zero-order chi connectivity index (χ0) is 14.0. The zero-order valence-corrected chi connectivity index (χ0v) is 11.9. The van der Waals surface area contributed by atoms with Crippen molar-refractivity contribution in [2.75, 3.05) is 31.3 Å². The molecule has 1 aromatic heterocycles. The normalized spacial score (nSPS) is 16.2. The van der Waals surface area contributed by atoms with Crippen LogP contribution >= 0.6 is 0 Å². The molecular formula is C16H21N3O. The average Bonchev–Trinajstić information content (AvgIpc) is 3.25. The molecule has 0 atom stereocenters. The highest BCUT2D eigenvalue weighted by molar-refractivity contribution is 6.00. The van der Waals surface area contributed by atoms with Gasteiger partial charge in [-0.15, -0.1) is 0 Å². The molecule has 0 saturated heterocycles. The zero-order valence-electron chi connectivity index (χ0n) is 11.9. The lowest BCUT2D eigenvalue weighted by Gasteiger charge is -2.18. The van der Waals surface area contributed by atoms with Gasteiger partial charge >= 0.3 is 0 Å². The Balaban J connectivity index is 1.77. The number of aromatic nitrogens is 1. The summed E-state index contributed by atoms with van der Waals surface area (Å²) in [6.45, 7) is 1.84. The third-order valence-electron chi connectivity index (χ3n) is 4.30. The number of benzene rings is 1. The summed E-state index contributed by atoms with van der Waals surface area (Å²) < 4.78 is 5.20. The molecule has 1 saturated carbocycles. The molecule has 0 radical (unpaired) electrons. The molecule has 0 spiro atoms. The molecule has 3 N–H and O–H groups in total. The van der Waals surface area contributed by atoms with Crippen molar-refractivity contribution >= 4 is 22.1 Å². The average molecular weight is 271 g/mol. The van der Waals surface area contributed by atoms with E-state index in [4.69, 9.17) is 10.5 Å². The van der Waals surface area contributed by atoms with Gasteiger partial charge < -0.3 is 15.8 Å². The van der Waals surface area contributed by atoms with E-state index in [2.05, 4.69) is 16.4 Å². The lowest BCUT2D eigenvalue weighted by Crippen LogP contribution is -2.17. The van der Waals surface area contributed by atoms with Gasteiger partial charge in [-0.2, -0.15) is 0 Å². The summed E-state index contributed by atoms with van der Waals surface area (Å²) in [5.41, 5.74) is 8.34. The van der Waals surface area contributed by atoms with E-state index in [9.17, 15) is 0 Å². The number of fused-ring (bicyclic) bond motifs is 1. The van der Waals surface area contributed by atoms with Gasteiger partial charge in [0.05, 0.1) is 0 Å². The number of methoxy groups -OCH3 is 1. The van der Waals surface area contributed by atoms with Crippen molar-refractivity contribution in [2.45, 2.75) is 19.3 Å². The van der Waals surface area contributed by atoms with Crippen molar-refractivity contribution in [3.05, 3.63) is 30.6 Å². The van der Waals surface area contributed by atoms with Crippen LogP contribution in [-0.2, 0) is 4.74 Å². The Morgan fingerprint density at radius 1 is 1.30 bits per heavy atom. The quantitative estimate of drug-likeness (QED) is 0.793. The summed E-state index contributed by atoms with van der Waals surface area (Å²) in [4.78, 5) is 4.15. The number of hydrogen-bond donors (Lipinski definition) is 2. The van der Waals surface area contributed by atoms with E-state index in [1.54, 1.807) is 7.11 Å². The number of ether oxygens (including phenoxy) is 1. The molecule has 1 heterocycles. The first-order chi connectivity index (χ1) is 9.74. The summed E-state index contributed by atoms with van der Waals surface area (Å²) in [6.07, 6.45) is 7.35. The smallest absolute Gasteiger partial charge is 0.0468 e. The summed E-state index contributed by atoms with van der Waals surface area (Å²) in [5, 5.41) is 5.74. The second kappa shape index (κ2) is 5.29. The van der Waals surface area contributed by atoms with E-state index in [1.165, 1.54) is 12.8 Å². The van der Waals surface area contributed by atoms with Crippen molar-refractivity contribution in [3.8, 4) is 0 Å². The lowest BCUT2D eigenvalue weighted by molar-refractivity contribution is 0.175. The minimum atomic E-state index is 0.427. The number of anilines is 2. The molecule has 1 fully saturated rings. The largest absolute Gasteiger partial charge is 0.398 e. The van der Waals surface area contributed by atoms with E-state index >= 15 is 0 Å². The van der Waals surface area contributed by atoms with Crippen LogP contribution in [0.1, 0.15) is 19.3 Å². The molecule has 4 nitrogen and oxygen atoms in total. The highest BCUT2D eigenvalue weighted by Gasteiger charge is 2.41. The van der Waals surface area contributed by atoms with E-state index in [0.29, 0.717) is 5.41 Å². The van der Waals surface area contributed by atoms with Gasteiger partial charge in [0.15, 0.2) is 0 Å². The number of rotatable bonds is 6. The molecule has 1 aliphatic carbocycles. The molecule has 106 valence electrons. The predicted molar refractivity (Wildman–Crippen MR) is 82.8 cm³/mol. The highest BCUT2D eigenvalue weighted by Crippen LogP contribution is 2.48. The van der Waals surface area contributed by atoms with E-state index in [-0.39, 0.29) is 0 Å². The van der Waals surface area contributed by atoms with Gasteiger partial charge in [0.25, 0.3) is 0 Å². The fourth-order valence-corrected chi connectivity index (χ4v) is 2.66. The van der Waals surface area contributed by atoms with Crippen LogP contribution in [0.5, 0.6) is 0 Å². The lowest BCUT2D eigenvalue weighted by atomic mass is 10.0. The third kappa shape index (κ3) is 2.56. The first-order valence-electron chi connectivity index (χ1n) is 7.09. The monoisotopic (exact) mass is 271 g/mol. The Bertz CT molecular complexity index is 608. The molecule has 0 unspecified atom stereocenters. The van der Waals surface area contributed by atoms with Gasteiger partial charge in [0, 0.05) is 54.8 Å².